The molecule has 2 heterocycles. The fraction of sp³-hybridized carbons (Fsp3) is 0.172. The van der Waals surface area contributed by atoms with Crippen molar-refractivity contribution in [3.63, 3.8) is 0 Å². The van der Waals surface area contributed by atoms with E-state index >= 15 is 0 Å². The van der Waals surface area contributed by atoms with Crippen molar-refractivity contribution < 1.29 is 35.8 Å². The molecule has 0 bridgehead atoms. The first-order valence-corrected chi connectivity index (χ1v) is 17.4. The van der Waals surface area contributed by atoms with Crippen LogP contribution in [0.5, 0.6) is 23.3 Å². The number of rotatable bonds is 4. The standard InChI is InChI=1S/C17H15ClF3NOSi.C12H6ClF3INO/c1-24(2,3)9-8-12-4-6-14(7-5-12)23-16-15(18)10-13(11-22-16)17(19,20)21;13-10-5-7(12(14,15)16)6-18-11(10)19-9-3-1-8(17)2-4-9/h4-7,10-11H,1-3H3;1-6H. The predicted molar refractivity (Wildman–Crippen MR) is 164 cm³/mol. The smallest absolute Gasteiger partial charge is 0.417 e. The Balaban J connectivity index is 0.000000242. The van der Waals surface area contributed by atoms with Crippen molar-refractivity contribution in [1.82, 2.24) is 9.97 Å². The molecule has 0 aliphatic rings. The van der Waals surface area contributed by atoms with E-state index in [0.29, 0.717) is 23.9 Å². The van der Waals surface area contributed by atoms with Crippen LogP contribution in [-0.4, -0.2) is 18.0 Å². The van der Waals surface area contributed by atoms with Gasteiger partial charge in [-0.3, -0.25) is 0 Å². The minimum Gasteiger partial charge on any atom is -0.438 e. The molecule has 4 aromatic rings. The molecule has 0 saturated heterocycles. The van der Waals surface area contributed by atoms with Crippen LogP contribution in [0.4, 0.5) is 26.3 Å². The molecular formula is C29H21Cl2F6IN2O2Si. The van der Waals surface area contributed by atoms with Crippen molar-refractivity contribution >= 4 is 53.9 Å². The molecule has 0 saturated carbocycles. The third kappa shape index (κ3) is 11.2. The summed E-state index contributed by atoms with van der Waals surface area (Å²) in [6.45, 7) is 6.45. The molecule has 0 radical (unpaired) electrons. The van der Waals surface area contributed by atoms with Gasteiger partial charge >= 0.3 is 12.4 Å². The zero-order valence-electron chi connectivity index (χ0n) is 22.5. The highest BCUT2D eigenvalue weighted by Gasteiger charge is 2.32. The fourth-order valence-corrected chi connectivity index (χ4v) is 4.19. The maximum absolute atomic E-state index is 12.6. The Labute approximate surface area is 268 Å². The second kappa shape index (κ2) is 14.2. The van der Waals surface area contributed by atoms with Crippen molar-refractivity contribution in [2.75, 3.05) is 0 Å². The van der Waals surface area contributed by atoms with E-state index in [0.717, 1.165) is 21.3 Å². The second-order valence-corrected chi connectivity index (χ2v) is 16.5. The topological polar surface area (TPSA) is 44.2 Å². The Morgan fingerprint density at radius 3 is 1.44 bits per heavy atom. The third-order valence-corrected chi connectivity index (χ3v) is 7.08. The van der Waals surface area contributed by atoms with Crippen molar-refractivity contribution in [2.24, 2.45) is 0 Å². The summed E-state index contributed by atoms with van der Waals surface area (Å²) in [4.78, 5) is 7.22. The van der Waals surface area contributed by atoms with Gasteiger partial charge < -0.3 is 9.47 Å². The highest BCUT2D eigenvalue weighted by molar-refractivity contribution is 14.1. The van der Waals surface area contributed by atoms with E-state index in [2.05, 4.69) is 63.7 Å². The summed E-state index contributed by atoms with van der Waals surface area (Å²) in [6, 6.07) is 15.4. The fourth-order valence-electron chi connectivity index (χ4n) is 2.90. The van der Waals surface area contributed by atoms with Crippen molar-refractivity contribution in [3.8, 4) is 34.7 Å². The number of alkyl halides is 6. The first-order valence-electron chi connectivity index (χ1n) is 12.1. The summed E-state index contributed by atoms with van der Waals surface area (Å²) < 4.78 is 86.8. The average Bonchev–Trinajstić information content (AvgIpc) is 2.90. The molecule has 2 aromatic heterocycles. The third-order valence-electron chi connectivity index (χ3n) is 4.95. The van der Waals surface area contributed by atoms with Gasteiger partial charge in [-0.05, 0) is 83.3 Å². The van der Waals surface area contributed by atoms with Crippen LogP contribution in [0.1, 0.15) is 16.7 Å². The molecule has 0 spiro atoms. The van der Waals surface area contributed by atoms with E-state index in [1.807, 2.05) is 0 Å². The van der Waals surface area contributed by atoms with Gasteiger partial charge in [0, 0.05) is 21.5 Å². The highest BCUT2D eigenvalue weighted by atomic mass is 127. The molecule has 226 valence electrons. The van der Waals surface area contributed by atoms with Gasteiger partial charge in [0.05, 0.1) is 11.1 Å². The molecule has 0 aliphatic carbocycles. The lowest BCUT2D eigenvalue weighted by atomic mass is 10.2. The van der Waals surface area contributed by atoms with Gasteiger partial charge in [0.25, 0.3) is 0 Å². The molecule has 2 aromatic carbocycles. The van der Waals surface area contributed by atoms with Gasteiger partial charge in [0.2, 0.25) is 11.8 Å². The van der Waals surface area contributed by atoms with E-state index < -0.39 is 31.6 Å². The van der Waals surface area contributed by atoms with Gasteiger partial charge in [-0.1, -0.05) is 48.8 Å². The van der Waals surface area contributed by atoms with Crippen LogP contribution >= 0.6 is 45.8 Å². The maximum atomic E-state index is 12.6. The van der Waals surface area contributed by atoms with E-state index in [1.165, 1.54) is 0 Å². The Kier molecular flexibility index (Phi) is 11.4. The molecule has 0 fully saturated rings. The van der Waals surface area contributed by atoms with E-state index in [-0.39, 0.29) is 21.8 Å². The second-order valence-electron chi connectivity index (χ2n) is 9.70. The molecule has 0 atom stereocenters. The number of pyridine rings is 2. The van der Waals surface area contributed by atoms with E-state index in [4.69, 9.17) is 32.7 Å². The maximum Gasteiger partial charge on any atom is 0.417 e. The van der Waals surface area contributed by atoms with Crippen molar-refractivity contribution in [2.45, 2.75) is 32.0 Å². The lowest BCUT2D eigenvalue weighted by Crippen LogP contribution is -2.16. The molecule has 0 unspecified atom stereocenters. The van der Waals surface area contributed by atoms with Gasteiger partial charge in [-0.2, -0.15) is 26.3 Å². The predicted octanol–water partition coefficient (Wildman–Crippen LogP) is 10.9. The Morgan fingerprint density at radius 2 is 1.09 bits per heavy atom. The normalized spacial score (nSPS) is 11.5. The van der Waals surface area contributed by atoms with E-state index in [1.54, 1.807) is 48.5 Å². The van der Waals surface area contributed by atoms with Gasteiger partial charge in [0.15, 0.2) is 0 Å². The number of hydrogen-bond donors (Lipinski definition) is 0. The van der Waals surface area contributed by atoms with Gasteiger partial charge in [-0.15, -0.1) is 5.54 Å². The number of nitrogens with zero attached hydrogens (tertiary/aromatic N) is 2. The van der Waals surface area contributed by atoms with Crippen LogP contribution < -0.4 is 9.47 Å². The number of ether oxygens (including phenoxy) is 2. The van der Waals surface area contributed by atoms with Crippen LogP contribution in [0, 0.1) is 15.0 Å². The summed E-state index contributed by atoms with van der Waals surface area (Å²) in [5, 5.41) is -0.388. The molecule has 0 aliphatic heterocycles. The average molecular weight is 769 g/mol. The number of hydrogen-bond acceptors (Lipinski definition) is 4. The van der Waals surface area contributed by atoms with Gasteiger partial charge in [-0.25, -0.2) is 9.97 Å². The van der Waals surface area contributed by atoms with Crippen LogP contribution in [-0.2, 0) is 12.4 Å². The molecule has 0 amide bonds. The van der Waals surface area contributed by atoms with Crippen LogP contribution in [0.2, 0.25) is 29.7 Å². The summed E-state index contributed by atoms with van der Waals surface area (Å²) in [7, 11) is -1.45. The highest BCUT2D eigenvalue weighted by Crippen LogP contribution is 2.36. The Hall–Kier alpha value is -2.99. The van der Waals surface area contributed by atoms with Crippen molar-refractivity contribution in [3.05, 3.63) is 103 Å². The zero-order chi connectivity index (χ0) is 32.0. The molecule has 4 rings (SSSR count). The van der Waals surface area contributed by atoms with Crippen LogP contribution in [0.25, 0.3) is 0 Å². The Morgan fingerprint density at radius 1 is 0.698 bits per heavy atom. The minimum absolute atomic E-state index is 0.0594. The summed E-state index contributed by atoms with van der Waals surface area (Å²) in [5.41, 5.74) is 2.26. The van der Waals surface area contributed by atoms with Crippen LogP contribution in [0.3, 0.4) is 0 Å². The van der Waals surface area contributed by atoms with E-state index in [9.17, 15) is 26.3 Å². The quantitative estimate of drug-likeness (QED) is 0.0898. The lowest BCUT2D eigenvalue weighted by Gasteiger charge is -2.10. The molecular weight excluding hydrogens is 748 g/mol. The summed E-state index contributed by atoms with van der Waals surface area (Å²) >= 11 is 13.7. The number of benzene rings is 2. The largest absolute Gasteiger partial charge is 0.438 e. The van der Waals surface area contributed by atoms with Crippen molar-refractivity contribution in [1.29, 1.82) is 0 Å². The number of halogens is 9. The lowest BCUT2D eigenvalue weighted by molar-refractivity contribution is -0.138. The van der Waals surface area contributed by atoms with Gasteiger partial charge in [0.1, 0.15) is 29.6 Å². The molecule has 43 heavy (non-hydrogen) atoms. The SMILES string of the molecule is C[Si](C)(C)C#Cc1ccc(Oc2ncc(C(F)(F)F)cc2Cl)cc1.FC(F)(F)c1cnc(Oc2ccc(I)cc2)c(Cl)c1. The van der Waals surface area contributed by atoms with Crippen LogP contribution in [0.15, 0.2) is 73.1 Å². The molecule has 0 N–H and O–H groups in total. The molecule has 4 nitrogen and oxygen atoms in total. The first-order chi connectivity index (χ1) is 19.9. The zero-order valence-corrected chi connectivity index (χ0v) is 27.2. The minimum atomic E-state index is -4.49. The monoisotopic (exact) mass is 768 g/mol. The molecule has 14 heteroatoms. The summed E-state index contributed by atoms with van der Waals surface area (Å²) in [6.07, 6.45) is -7.59. The summed E-state index contributed by atoms with van der Waals surface area (Å²) in [5.74, 6) is 3.84. The number of aromatic nitrogens is 2. The first kappa shape index (κ1) is 34.5. The Bertz CT molecular complexity index is 1620.